The molecule has 0 N–H and O–H groups in total. The first kappa shape index (κ1) is 15.6. The monoisotopic (exact) mass is 300 g/mol. The summed E-state index contributed by atoms with van der Waals surface area (Å²) in [6.45, 7) is 4.30. The van der Waals surface area contributed by atoms with E-state index in [-0.39, 0.29) is 12.4 Å². The lowest BCUT2D eigenvalue weighted by atomic mass is 10.0. The fourth-order valence-corrected chi connectivity index (χ4v) is 2.50. The highest BCUT2D eigenvalue weighted by molar-refractivity contribution is 7.98. The van der Waals surface area contributed by atoms with Crippen LogP contribution in [0.5, 0.6) is 5.75 Å². The summed E-state index contributed by atoms with van der Waals surface area (Å²) in [5, 5.41) is 0. The zero-order chi connectivity index (χ0) is 15.2. The predicted octanol–water partition coefficient (Wildman–Crippen LogP) is 4.79. The summed E-state index contributed by atoms with van der Waals surface area (Å²) in [7, 11) is 0. The van der Waals surface area contributed by atoms with Crippen molar-refractivity contribution in [3.63, 3.8) is 0 Å². The van der Waals surface area contributed by atoms with Crippen LogP contribution in [0.4, 0.5) is 0 Å². The largest absolute Gasteiger partial charge is 0.485 e. The molecule has 0 saturated carbocycles. The van der Waals surface area contributed by atoms with Gasteiger partial charge in [0.1, 0.15) is 5.75 Å². The van der Waals surface area contributed by atoms with E-state index in [2.05, 4.69) is 13.8 Å². The van der Waals surface area contributed by atoms with Crippen molar-refractivity contribution in [1.29, 1.82) is 0 Å². The van der Waals surface area contributed by atoms with Crippen molar-refractivity contribution in [1.82, 2.24) is 0 Å². The molecule has 3 heteroatoms. The van der Waals surface area contributed by atoms with Gasteiger partial charge in [-0.2, -0.15) is 0 Å². The summed E-state index contributed by atoms with van der Waals surface area (Å²) in [5.74, 6) is 1.17. The minimum absolute atomic E-state index is 0.00112. The molecule has 0 saturated heterocycles. The summed E-state index contributed by atoms with van der Waals surface area (Å²) in [4.78, 5) is 13.3. The number of para-hydroxylation sites is 1. The van der Waals surface area contributed by atoms with E-state index in [9.17, 15) is 4.79 Å². The Bertz CT molecular complexity index is 603. The average Bonchev–Trinajstić information content (AvgIpc) is 2.52. The molecule has 2 nitrogen and oxygen atoms in total. The molecule has 0 radical (unpaired) electrons. The van der Waals surface area contributed by atoms with Gasteiger partial charge in [0.05, 0.1) is 0 Å². The molecule has 0 spiro atoms. The van der Waals surface area contributed by atoms with Gasteiger partial charge in [-0.25, -0.2) is 0 Å². The SMILES string of the molecule is CSc1ccc(C(=O)COc2ccccc2C(C)C)cc1. The fraction of sp³-hybridized carbons (Fsp3) is 0.278. The number of thioether (sulfide) groups is 1. The van der Waals surface area contributed by atoms with E-state index in [1.807, 2.05) is 54.8 Å². The number of rotatable bonds is 6. The van der Waals surface area contributed by atoms with Crippen LogP contribution in [-0.2, 0) is 0 Å². The van der Waals surface area contributed by atoms with Gasteiger partial charge >= 0.3 is 0 Å². The molecule has 2 rings (SSSR count). The van der Waals surface area contributed by atoms with Crippen LogP contribution in [0.1, 0.15) is 35.7 Å². The summed E-state index contributed by atoms with van der Waals surface area (Å²) in [6.07, 6.45) is 2.02. The van der Waals surface area contributed by atoms with Gasteiger partial charge in [0, 0.05) is 10.5 Å². The molecule has 0 heterocycles. The Morgan fingerprint density at radius 3 is 2.38 bits per heavy atom. The Hall–Kier alpha value is -1.74. The Kier molecular flexibility index (Phi) is 5.45. The van der Waals surface area contributed by atoms with Crippen LogP contribution in [0.25, 0.3) is 0 Å². The topological polar surface area (TPSA) is 26.3 Å². The van der Waals surface area contributed by atoms with Crippen LogP contribution in [0.15, 0.2) is 53.4 Å². The number of carbonyl (C=O) groups excluding carboxylic acids is 1. The summed E-state index contributed by atoms with van der Waals surface area (Å²) < 4.78 is 5.72. The van der Waals surface area contributed by atoms with E-state index >= 15 is 0 Å². The second kappa shape index (κ2) is 7.32. The maximum absolute atomic E-state index is 12.2. The van der Waals surface area contributed by atoms with Crippen molar-refractivity contribution in [3.05, 3.63) is 59.7 Å². The fourth-order valence-electron chi connectivity index (χ4n) is 2.09. The van der Waals surface area contributed by atoms with Gasteiger partial charge in [0.2, 0.25) is 0 Å². The van der Waals surface area contributed by atoms with Crippen molar-refractivity contribution in [2.75, 3.05) is 12.9 Å². The third-order valence-corrected chi connectivity index (χ3v) is 4.06. The Labute approximate surface area is 130 Å². The third kappa shape index (κ3) is 4.11. The number of ketones is 1. The van der Waals surface area contributed by atoms with Crippen LogP contribution in [0, 0.1) is 0 Å². The minimum Gasteiger partial charge on any atom is -0.485 e. The lowest BCUT2D eigenvalue weighted by Gasteiger charge is -2.13. The zero-order valence-electron chi connectivity index (χ0n) is 12.6. The second-order valence-corrected chi connectivity index (χ2v) is 6.01. The minimum atomic E-state index is 0.00112. The van der Waals surface area contributed by atoms with Gasteiger partial charge in [-0.05, 0) is 35.9 Å². The zero-order valence-corrected chi connectivity index (χ0v) is 13.4. The number of Topliss-reactive ketones (excluding diaryl/α,β-unsaturated/α-hetero) is 1. The molecule has 0 bridgehead atoms. The highest BCUT2D eigenvalue weighted by Gasteiger charge is 2.10. The van der Waals surface area contributed by atoms with E-state index in [0.29, 0.717) is 11.5 Å². The molecule has 21 heavy (non-hydrogen) atoms. The quantitative estimate of drug-likeness (QED) is 0.566. The average molecular weight is 300 g/mol. The maximum atomic E-state index is 12.2. The van der Waals surface area contributed by atoms with E-state index < -0.39 is 0 Å². The van der Waals surface area contributed by atoms with Gasteiger partial charge in [-0.3, -0.25) is 4.79 Å². The predicted molar refractivity (Wildman–Crippen MR) is 88.6 cm³/mol. The van der Waals surface area contributed by atoms with E-state index in [1.54, 1.807) is 11.8 Å². The molecule has 110 valence electrons. The molecule has 0 aliphatic rings. The molecular weight excluding hydrogens is 280 g/mol. The highest BCUT2D eigenvalue weighted by atomic mass is 32.2. The molecule has 0 aliphatic carbocycles. The first-order chi connectivity index (χ1) is 10.1. The maximum Gasteiger partial charge on any atom is 0.200 e. The second-order valence-electron chi connectivity index (χ2n) is 5.13. The summed E-state index contributed by atoms with van der Waals surface area (Å²) in [5.41, 5.74) is 1.82. The lowest BCUT2D eigenvalue weighted by molar-refractivity contribution is 0.0920. The first-order valence-electron chi connectivity index (χ1n) is 7.00. The van der Waals surface area contributed by atoms with Crippen LogP contribution in [-0.4, -0.2) is 18.6 Å². The molecule has 0 amide bonds. The number of carbonyl (C=O) groups is 1. The van der Waals surface area contributed by atoms with Crippen LogP contribution < -0.4 is 4.74 Å². The van der Waals surface area contributed by atoms with Crippen molar-refractivity contribution >= 4 is 17.5 Å². The number of hydrogen-bond donors (Lipinski definition) is 0. The molecule has 0 aromatic heterocycles. The third-order valence-electron chi connectivity index (χ3n) is 3.31. The van der Waals surface area contributed by atoms with Gasteiger partial charge in [-0.1, -0.05) is 44.2 Å². The Morgan fingerprint density at radius 1 is 1.10 bits per heavy atom. The first-order valence-corrected chi connectivity index (χ1v) is 8.23. The molecule has 0 atom stereocenters. The number of ether oxygens (including phenoxy) is 1. The van der Waals surface area contributed by atoms with Gasteiger partial charge in [0.15, 0.2) is 12.4 Å². The lowest BCUT2D eigenvalue weighted by Crippen LogP contribution is -2.12. The molecular formula is C18H20O2S. The van der Waals surface area contributed by atoms with Gasteiger partial charge < -0.3 is 4.74 Å². The Morgan fingerprint density at radius 2 is 1.76 bits per heavy atom. The van der Waals surface area contributed by atoms with Crippen molar-refractivity contribution in [2.45, 2.75) is 24.7 Å². The van der Waals surface area contributed by atoms with E-state index in [4.69, 9.17) is 4.74 Å². The normalized spacial score (nSPS) is 10.7. The van der Waals surface area contributed by atoms with Gasteiger partial charge in [-0.15, -0.1) is 11.8 Å². The van der Waals surface area contributed by atoms with Crippen LogP contribution in [0.3, 0.4) is 0 Å². The number of hydrogen-bond acceptors (Lipinski definition) is 3. The Balaban J connectivity index is 2.04. The highest BCUT2D eigenvalue weighted by Crippen LogP contribution is 2.26. The smallest absolute Gasteiger partial charge is 0.200 e. The van der Waals surface area contributed by atoms with Crippen LogP contribution >= 0.6 is 11.8 Å². The molecule has 2 aromatic rings. The van der Waals surface area contributed by atoms with Crippen molar-refractivity contribution in [3.8, 4) is 5.75 Å². The molecule has 0 fully saturated rings. The van der Waals surface area contributed by atoms with E-state index in [1.165, 1.54) is 0 Å². The van der Waals surface area contributed by atoms with Crippen molar-refractivity contribution in [2.24, 2.45) is 0 Å². The molecule has 0 unspecified atom stereocenters. The van der Waals surface area contributed by atoms with E-state index in [0.717, 1.165) is 16.2 Å². The van der Waals surface area contributed by atoms with Crippen LogP contribution in [0.2, 0.25) is 0 Å². The van der Waals surface area contributed by atoms with Crippen molar-refractivity contribution < 1.29 is 9.53 Å². The summed E-state index contributed by atoms with van der Waals surface area (Å²) >= 11 is 1.66. The number of benzene rings is 2. The molecule has 2 aromatic carbocycles. The summed E-state index contributed by atoms with van der Waals surface area (Å²) in [6, 6.07) is 15.5. The molecule has 0 aliphatic heterocycles. The standard InChI is InChI=1S/C18H20O2S/c1-13(2)16-6-4-5-7-18(16)20-12-17(19)14-8-10-15(21-3)11-9-14/h4-11,13H,12H2,1-3H3. The van der Waals surface area contributed by atoms with Gasteiger partial charge in [0.25, 0.3) is 0 Å².